The molecule has 1 heterocycles. The fourth-order valence-corrected chi connectivity index (χ4v) is 2.40. The van der Waals surface area contributed by atoms with Gasteiger partial charge in [0.15, 0.2) is 0 Å². The van der Waals surface area contributed by atoms with E-state index in [2.05, 4.69) is 10.1 Å². The van der Waals surface area contributed by atoms with Crippen LogP contribution in [0.3, 0.4) is 0 Å². The molecule has 1 amide bonds. The molecular weight excluding hydrogens is 289 g/mol. The van der Waals surface area contributed by atoms with E-state index in [1.54, 1.807) is 4.90 Å². The van der Waals surface area contributed by atoms with Crippen molar-refractivity contribution in [1.82, 2.24) is 10.2 Å². The predicted octanol–water partition coefficient (Wildman–Crippen LogP) is 0.561. The lowest BCUT2D eigenvalue weighted by atomic mass is 10.1. The number of nitrogens with zero attached hydrogens (tertiary/aromatic N) is 2. The summed E-state index contributed by atoms with van der Waals surface area (Å²) in [5.41, 5.74) is 0.672. The number of amides is 1. The monoisotopic (exact) mass is 305 g/mol. The van der Waals surface area contributed by atoms with Crippen LogP contribution >= 0.6 is 0 Å². The quantitative estimate of drug-likeness (QED) is 0.822. The number of esters is 1. The Morgan fingerprint density at radius 2 is 2.36 bits per heavy atom. The number of benzene rings is 1. The van der Waals surface area contributed by atoms with E-state index in [4.69, 9.17) is 5.26 Å². The van der Waals surface area contributed by atoms with Gasteiger partial charge in [-0.1, -0.05) is 0 Å². The summed E-state index contributed by atoms with van der Waals surface area (Å²) in [6.07, 6.45) is -0.0953. The van der Waals surface area contributed by atoms with Crippen molar-refractivity contribution in [3.63, 3.8) is 0 Å². The van der Waals surface area contributed by atoms with E-state index in [9.17, 15) is 14.0 Å². The average Bonchev–Trinajstić information content (AvgIpc) is 2.52. The standard InChI is InChI=1S/C15H16FN3O3/c1-22-14(20)7-13-15(21)18-4-5-19(13)9-11-6-10(8-17)2-3-12(11)16/h2-3,6,13H,4-5,7,9H2,1H3,(H,18,21)/t13-/m0/s1. The first-order chi connectivity index (χ1) is 10.5. The van der Waals surface area contributed by atoms with Crippen molar-refractivity contribution in [3.05, 3.63) is 35.1 Å². The number of hydrogen-bond acceptors (Lipinski definition) is 5. The summed E-state index contributed by atoms with van der Waals surface area (Å²) in [7, 11) is 1.25. The van der Waals surface area contributed by atoms with Gasteiger partial charge in [0.2, 0.25) is 5.91 Å². The highest BCUT2D eigenvalue weighted by atomic mass is 19.1. The molecule has 2 rings (SSSR count). The van der Waals surface area contributed by atoms with Gasteiger partial charge in [-0.15, -0.1) is 0 Å². The molecule has 1 aromatic rings. The van der Waals surface area contributed by atoms with Gasteiger partial charge < -0.3 is 10.1 Å². The van der Waals surface area contributed by atoms with Gasteiger partial charge >= 0.3 is 5.97 Å². The number of ether oxygens (including phenoxy) is 1. The molecule has 0 aromatic heterocycles. The normalized spacial score (nSPS) is 18.4. The summed E-state index contributed by atoms with van der Waals surface area (Å²) >= 11 is 0. The summed E-state index contributed by atoms with van der Waals surface area (Å²) in [4.78, 5) is 25.1. The van der Waals surface area contributed by atoms with Crippen LogP contribution in [0.25, 0.3) is 0 Å². The molecule has 1 atom stereocenters. The van der Waals surface area contributed by atoms with Gasteiger partial charge in [0, 0.05) is 25.2 Å². The Bertz CT molecular complexity index is 627. The maximum Gasteiger partial charge on any atom is 0.307 e. The van der Waals surface area contributed by atoms with Crippen molar-refractivity contribution in [2.24, 2.45) is 0 Å². The van der Waals surface area contributed by atoms with Crippen molar-refractivity contribution >= 4 is 11.9 Å². The molecule has 1 aromatic carbocycles. The number of nitrogens with one attached hydrogen (secondary N) is 1. The molecule has 0 aliphatic carbocycles. The van der Waals surface area contributed by atoms with E-state index in [0.29, 0.717) is 24.2 Å². The van der Waals surface area contributed by atoms with E-state index in [-0.39, 0.29) is 18.9 Å². The molecule has 1 aliphatic heterocycles. The van der Waals surface area contributed by atoms with Gasteiger partial charge in [0.1, 0.15) is 11.9 Å². The van der Waals surface area contributed by atoms with Crippen molar-refractivity contribution in [3.8, 4) is 6.07 Å². The van der Waals surface area contributed by atoms with Gasteiger partial charge in [0.25, 0.3) is 0 Å². The minimum Gasteiger partial charge on any atom is -0.469 e. The van der Waals surface area contributed by atoms with Crippen molar-refractivity contribution in [1.29, 1.82) is 5.26 Å². The molecule has 0 saturated carbocycles. The van der Waals surface area contributed by atoms with E-state index < -0.39 is 17.8 Å². The number of rotatable bonds is 4. The lowest BCUT2D eigenvalue weighted by Gasteiger charge is -2.34. The highest BCUT2D eigenvalue weighted by molar-refractivity contribution is 5.87. The second-order valence-corrected chi connectivity index (χ2v) is 4.98. The molecule has 0 spiro atoms. The first-order valence-electron chi connectivity index (χ1n) is 6.82. The smallest absolute Gasteiger partial charge is 0.307 e. The third-order valence-electron chi connectivity index (χ3n) is 3.58. The van der Waals surface area contributed by atoms with Crippen LogP contribution < -0.4 is 5.32 Å². The van der Waals surface area contributed by atoms with Gasteiger partial charge in [0.05, 0.1) is 25.2 Å². The van der Waals surface area contributed by atoms with Gasteiger partial charge in [-0.3, -0.25) is 14.5 Å². The number of carbonyl (C=O) groups excluding carboxylic acids is 2. The van der Waals surface area contributed by atoms with Crippen molar-refractivity contribution in [2.45, 2.75) is 19.0 Å². The molecule has 1 N–H and O–H groups in total. The lowest BCUT2D eigenvalue weighted by Crippen LogP contribution is -2.55. The fourth-order valence-electron chi connectivity index (χ4n) is 2.40. The number of halogens is 1. The number of hydrogen-bond donors (Lipinski definition) is 1. The van der Waals surface area contributed by atoms with Crippen LogP contribution in [0.1, 0.15) is 17.5 Å². The molecule has 22 heavy (non-hydrogen) atoms. The Morgan fingerprint density at radius 3 is 3.05 bits per heavy atom. The number of carbonyl (C=O) groups is 2. The zero-order valence-electron chi connectivity index (χ0n) is 12.1. The van der Waals surface area contributed by atoms with Crippen molar-refractivity contribution < 1.29 is 18.7 Å². The first-order valence-corrected chi connectivity index (χ1v) is 6.82. The zero-order valence-corrected chi connectivity index (χ0v) is 12.1. The fraction of sp³-hybridized carbons (Fsp3) is 0.400. The van der Waals surface area contributed by atoms with Gasteiger partial charge in [-0.25, -0.2) is 4.39 Å². The van der Waals surface area contributed by atoms with Crippen LogP contribution in [0, 0.1) is 17.1 Å². The third kappa shape index (κ3) is 3.59. The average molecular weight is 305 g/mol. The minimum absolute atomic E-state index is 0.0953. The van der Waals surface area contributed by atoms with E-state index in [1.807, 2.05) is 6.07 Å². The summed E-state index contributed by atoms with van der Waals surface area (Å²) in [5, 5.41) is 11.6. The molecule has 0 radical (unpaired) electrons. The Balaban J connectivity index is 2.20. The van der Waals surface area contributed by atoms with E-state index >= 15 is 0 Å². The summed E-state index contributed by atoms with van der Waals surface area (Å²) < 4.78 is 18.5. The summed E-state index contributed by atoms with van der Waals surface area (Å²) in [6.45, 7) is 1.07. The van der Waals surface area contributed by atoms with E-state index in [1.165, 1.54) is 25.3 Å². The molecule has 116 valence electrons. The summed E-state index contributed by atoms with van der Waals surface area (Å²) in [5.74, 6) is -1.23. The predicted molar refractivity (Wildman–Crippen MR) is 75.0 cm³/mol. The Labute approximate surface area is 127 Å². The Kier molecular flexibility index (Phi) is 5.07. The highest BCUT2D eigenvalue weighted by Crippen LogP contribution is 2.17. The molecule has 1 fully saturated rings. The Hall–Kier alpha value is -2.46. The molecule has 0 bridgehead atoms. The SMILES string of the molecule is COC(=O)C[C@H]1C(=O)NCCN1Cc1cc(C#N)ccc1F. The molecular formula is C15H16FN3O3. The largest absolute Gasteiger partial charge is 0.469 e. The number of piperazine rings is 1. The Morgan fingerprint density at radius 1 is 1.59 bits per heavy atom. The second-order valence-electron chi connectivity index (χ2n) is 4.98. The minimum atomic E-state index is -0.702. The van der Waals surface area contributed by atoms with Crippen LogP contribution in [0.5, 0.6) is 0 Å². The summed E-state index contributed by atoms with van der Waals surface area (Å²) in [6, 6.07) is 5.33. The molecule has 0 unspecified atom stereocenters. The number of methoxy groups -OCH3 is 1. The second kappa shape index (κ2) is 7.00. The zero-order chi connectivity index (χ0) is 16.1. The molecule has 1 saturated heterocycles. The lowest BCUT2D eigenvalue weighted by molar-refractivity contribution is -0.146. The maximum atomic E-state index is 13.9. The van der Waals surface area contributed by atoms with Crippen LogP contribution in [0.15, 0.2) is 18.2 Å². The first kappa shape index (κ1) is 15.9. The van der Waals surface area contributed by atoms with Crippen LogP contribution in [0.4, 0.5) is 4.39 Å². The third-order valence-corrected chi connectivity index (χ3v) is 3.58. The topological polar surface area (TPSA) is 82.4 Å². The molecule has 6 nitrogen and oxygen atoms in total. The van der Waals surface area contributed by atoms with Crippen LogP contribution in [-0.2, 0) is 20.9 Å². The van der Waals surface area contributed by atoms with Crippen LogP contribution in [-0.4, -0.2) is 43.0 Å². The van der Waals surface area contributed by atoms with Crippen LogP contribution in [0.2, 0.25) is 0 Å². The molecule has 7 heteroatoms. The van der Waals surface area contributed by atoms with Gasteiger partial charge in [-0.05, 0) is 18.2 Å². The van der Waals surface area contributed by atoms with Gasteiger partial charge in [-0.2, -0.15) is 5.26 Å². The maximum absolute atomic E-state index is 13.9. The van der Waals surface area contributed by atoms with E-state index in [0.717, 1.165) is 0 Å². The van der Waals surface area contributed by atoms with Crippen molar-refractivity contribution in [2.75, 3.05) is 20.2 Å². The number of nitriles is 1. The molecule has 1 aliphatic rings. The highest BCUT2D eigenvalue weighted by Gasteiger charge is 2.32.